The third-order valence-corrected chi connectivity index (χ3v) is 5.83. The van der Waals surface area contributed by atoms with E-state index in [1.165, 1.54) is 0 Å². The number of sulfonamides is 1. The highest BCUT2D eigenvalue weighted by atomic mass is 35.5. The van der Waals surface area contributed by atoms with E-state index in [2.05, 4.69) is 10.2 Å². The Morgan fingerprint density at radius 2 is 1.95 bits per heavy atom. The molecule has 2 rings (SSSR count). The molecule has 0 unspecified atom stereocenters. The minimum absolute atomic E-state index is 0.213. The van der Waals surface area contributed by atoms with Crippen LogP contribution in [0.3, 0.4) is 0 Å². The second kappa shape index (κ2) is 7.45. The van der Waals surface area contributed by atoms with Crippen LogP contribution in [0.1, 0.15) is 6.42 Å². The third kappa shape index (κ3) is 4.57. The second-order valence-corrected chi connectivity index (χ2v) is 7.66. The lowest BCUT2D eigenvalue weighted by molar-refractivity contribution is 0.384. The highest BCUT2D eigenvalue weighted by molar-refractivity contribution is 7.89. The van der Waals surface area contributed by atoms with E-state index >= 15 is 0 Å². The highest BCUT2D eigenvalue weighted by Crippen LogP contribution is 2.21. The lowest BCUT2D eigenvalue weighted by Crippen LogP contribution is -2.49. The van der Waals surface area contributed by atoms with E-state index in [0.717, 1.165) is 12.2 Å². The van der Waals surface area contributed by atoms with Crippen LogP contribution in [0.25, 0.3) is 0 Å². The maximum Gasteiger partial charge on any atom is 0.214 e. The molecule has 1 N–H and O–H groups in total. The van der Waals surface area contributed by atoms with E-state index < -0.39 is 10.0 Å². The zero-order valence-electron chi connectivity index (χ0n) is 12.3. The summed E-state index contributed by atoms with van der Waals surface area (Å²) in [6.45, 7) is 3.20. The first-order valence-corrected chi connectivity index (χ1v) is 9.14. The number of benzene rings is 1. The zero-order chi connectivity index (χ0) is 15.3. The van der Waals surface area contributed by atoms with Crippen molar-refractivity contribution in [2.75, 3.05) is 50.4 Å². The van der Waals surface area contributed by atoms with Crippen LogP contribution in [0.15, 0.2) is 24.3 Å². The summed E-state index contributed by atoms with van der Waals surface area (Å²) in [5.41, 5.74) is 1.05. The van der Waals surface area contributed by atoms with Gasteiger partial charge < -0.3 is 10.2 Å². The third-order valence-electron chi connectivity index (χ3n) is 3.63. The van der Waals surface area contributed by atoms with Gasteiger partial charge in [0.1, 0.15) is 0 Å². The van der Waals surface area contributed by atoms with Crippen molar-refractivity contribution in [3.8, 4) is 0 Å². The largest absolute Gasteiger partial charge is 0.369 e. The maximum absolute atomic E-state index is 12.2. The number of rotatable bonds is 6. The number of nitrogens with zero attached hydrogens (tertiary/aromatic N) is 2. The molecule has 1 heterocycles. The first-order valence-electron chi connectivity index (χ1n) is 7.16. The molecule has 0 atom stereocenters. The molecule has 1 aliphatic heterocycles. The summed E-state index contributed by atoms with van der Waals surface area (Å²) in [6.07, 6.45) is 0.646. The molecule has 5 nitrogen and oxygen atoms in total. The molecule has 1 aliphatic rings. The maximum atomic E-state index is 12.2. The standard InChI is InChI=1S/C14H22ClN3O2S/c1-16-6-3-11-21(19,20)18-9-7-17(8-10-18)14-5-2-4-13(15)12-14/h2,4-5,12,16H,3,6-11H2,1H3. The van der Waals surface area contributed by atoms with E-state index in [9.17, 15) is 8.42 Å². The van der Waals surface area contributed by atoms with Gasteiger partial charge in [0.05, 0.1) is 5.75 Å². The van der Waals surface area contributed by atoms with Gasteiger partial charge in [-0.05, 0) is 38.2 Å². The second-order valence-electron chi connectivity index (χ2n) is 5.14. The molecule has 118 valence electrons. The van der Waals surface area contributed by atoms with E-state index in [1.807, 2.05) is 31.3 Å². The van der Waals surface area contributed by atoms with Crippen molar-refractivity contribution in [2.24, 2.45) is 0 Å². The van der Waals surface area contributed by atoms with Gasteiger partial charge in [0.2, 0.25) is 10.0 Å². The molecular weight excluding hydrogens is 310 g/mol. The number of piperazine rings is 1. The number of halogens is 1. The average molecular weight is 332 g/mol. The summed E-state index contributed by atoms with van der Waals surface area (Å²) >= 11 is 6.00. The normalized spacial score (nSPS) is 17.1. The van der Waals surface area contributed by atoms with Crippen LogP contribution in [-0.4, -0.2) is 58.2 Å². The van der Waals surface area contributed by atoms with Crippen LogP contribution in [-0.2, 0) is 10.0 Å². The summed E-state index contributed by atoms with van der Waals surface area (Å²) in [7, 11) is -1.30. The molecule has 0 spiro atoms. The van der Waals surface area contributed by atoms with Gasteiger partial charge in [0, 0.05) is 36.9 Å². The van der Waals surface area contributed by atoms with Crippen LogP contribution < -0.4 is 10.2 Å². The smallest absolute Gasteiger partial charge is 0.214 e. The van der Waals surface area contributed by atoms with Gasteiger partial charge in [-0.2, -0.15) is 4.31 Å². The predicted molar refractivity (Wildman–Crippen MR) is 87.6 cm³/mol. The van der Waals surface area contributed by atoms with Gasteiger partial charge in [-0.1, -0.05) is 17.7 Å². The molecule has 1 saturated heterocycles. The topological polar surface area (TPSA) is 52.7 Å². The van der Waals surface area contributed by atoms with Gasteiger partial charge in [-0.25, -0.2) is 8.42 Å². The van der Waals surface area contributed by atoms with E-state index in [1.54, 1.807) is 4.31 Å². The fourth-order valence-electron chi connectivity index (χ4n) is 2.46. The van der Waals surface area contributed by atoms with Crippen LogP contribution in [0, 0.1) is 0 Å². The number of anilines is 1. The Morgan fingerprint density at radius 3 is 2.57 bits per heavy atom. The molecule has 0 radical (unpaired) electrons. The molecule has 1 aromatic carbocycles. The minimum atomic E-state index is -3.13. The average Bonchev–Trinajstić information content (AvgIpc) is 2.47. The highest BCUT2D eigenvalue weighted by Gasteiger charge is 2.26. The van der Waals surface area contributed by atoms with E-state index in [-0.39, 0.29) is 5.75 Å². The fraction of sp³-hybridized carbons (Fsp3) is 0.571. The summed E-state index contributed by atoms with van der Waals surface area (Å²) in [6, 6.07) is 7.67. The van der Waals surface area contributed by atoms with Gasteiger partial charge in [-0.3, -0.25) is 0 Å². The van der Waals surface area contributed by atoms with Gasteiger partial charge in [-0.15, -0.1) is 0 Å². The Kier molecular flexibility index (Phi) is 5.87. The van der Waals surface area contributed by atoms with Crippen molar-refractivity contribution in [2.45, 2.75) is 6.42 Å². The van der Waals surface area contributed by atoms with Crippen molar-refractivity contribution in [1.29, 1.82) is 0 Å². The summed E-state index contributed by atoms with van der Waals surface area (Å²) in [5.74, 6) is 0.213. The van der Waals surface area contributed by atoms with Gasteiger partial charge in [0.25, 0.3) is 0 Å². The van der Waals surface area contributed by atoms with E-state index in [0.29, 0.717) is 37.6 Å². The SMILES string of the molecule is CNCCCS(=O)(=O)N1CCN(c2cccc(Cl)c2)CC1. The first kappa shape index (κ1) is 16.5. The van der Waals surface area contributed by atoms with Crippen LogP contribution in [0.4, 0.5) is 5.69 Å². The fourth-order valence-corrected chi connectivity index (χ4v) is 4.13. The van der Waals surface area contributed by atoms with Crippen LogP contribution in [0.5, 0.6) is 0 Å². The van der Waals surface area contributed by atoms with Crippen LogP contribution in [0.2, 0.25) is 5.02 Å². The van der Waals surface area contributed by atoms with Crippen molar-refractivity contribution in [3.63, 3.8) is 0 Å². The monoisotopic (exact) mass is 331 g/mol. The zero-order valence-corrected chi connectivity index (χ0v) is 13.8. The van der Waals surface area contributed by atoms with Gasteiger partial charge >= 0.3 is 0 Å². The Hall–Kier alpha value is -0.820. The van der Waals surface area contributed by atoms with Crippen molar-refractivity contribution in [1.82, 2.24) is 9.62 Å². The lowest BCUT2D eigenvalue weighted by atomic mass is 10.2. The molecular formula is C14H22ClN3O2S. The van der Waals surface area contributed by atoms with Gasteiger partial charge in [0.15, 0.2) is 0 Å². The molecule has 1 aromatic rings. The molecule has 0 saturated carbocycles. The summed E-state index contributed by atoms with van der Waals surface area (Å²) < 4.78 is 26.0. The number of nitrogens with one attached hydrogen (secondary N) is 1. The van der Waals surface area contributed by atoms with Crippen molar-refractivity contribution < 1.29 is 8.42 Å². The number of hydrogen-bond acceptors (Lipinski definition) is 4. The Balaban J connectivity index is 1.91. The molecule has 21 heavy (non-hydrogen) atoms. The lowest BCUT2D eigenvalue weighted by Gasteiger charge is -2.35. The van der Waals surface area contributed by atoms with Crippen molar-refractivity contribution >= 4 is 27.3 Å². The molecule has 0 aromatic heterocycles. The molecule has 0 bridgehead atoms. The predicted octanol–water partition coefficient (Wildman–Crippen LogP) is 1.40. The summed E-state index contributed by atoms with van der Waals surface area (Å²) in [5, 5.41) is 3.68. The van der Waals surface area contributed by atoms with E-state index in [4.69, 9.17) is 11.6 Å². The van der Waals surface area contributed by atoms with Crippen molar-refractivity contribution in [3.05, 3.63) is 29.3 Å². The Bertz CT molecular complexity index is 557. The Labute approximate surface area is 131 Å². The first-order chi connectivity index (χ1) is 10.0. The minimum Gasteiger partial charge on any atom is -0.369 e. The Morgan fingerprint density at radius 1 is 1.24 bits per heavy atom. The summed E-state index contributed by atoms with van der Waals surface area (Å²) in [4.78, 5) is 2.17. The molecule has 0 amide bonds. The molecule has 7 heteroatoms. The van der Waals surface area contributed by atoms with Crippen LogP contribution >= 0.6 is 11.6 Å². The molecule has 0 aliphatic carbocycles. The number of hydrogen-bond donors (Lipinski definition) is 1. The molecule has 1 fully saturated rings. The quantitative estimate of drug-likeness (QED) is 0.801.